The van der Waals surface area contributed by atoms with Gasteiger partial charge in [0.15, 0.2) is 0 Å². The number of carbonyl (C=O) groups is 1. The average molecular weight is 325 g/mol. The number of rotatable bonds is 6. The predicted molar refractivity (Wildman–Crippen MR) is 90.6 cm³/mol. The van der Waals surface area contributed by atoms with E-state index in [4.69, 9.17) is 0 Å². The SMILES string of the molecule is CCC(C)C1NC(c2ccsc2)N(CC2(SC)CC2)C1=O. The molecule has 3 atom stereocenters. The van der Waals surface area contributed by atoms with Gasteiger partial charge in [-0.15, -0.1) is 0 Å². The van der Waals surface area contributed by atoms with Crippen molar-refractivity contribution in [1.82, 2.24) is 10.2 Å². The van der Waals surface area contributed by atoms with Crippen LogP contribution in [0, 0.1) is 5.92 Å². The molecule has 1 aromatic rings. The Kier molecular flexibility index (Phi) is 4.35. The van der Waals surface area contributed by atoms with E-state index in [1.165, 1.54) is 18.4 Å². The summed E-state index contributed by atoms with van der Waals surface area (Å²) in [5.74, 6) is 0.675. The molecular weight excluding hydrogens is 300 g/mol. The molecule has 3 nitrogen and oxygen atoms in total. The number of thioether (sulfide) groups is 1. The second-order valence-electron chi connectivity index (χ2n) is 6.34. The van der Waals surface area contributed by atoms with E-state index in [1.807, 2.05) is 11.8 Å². The fourth-order valence-electron chi connectivity index (χ4n) is 3.03. The van der Waals surface area contributed by atoms with E-state index in [1.54, 1.807) is 11.3 Å². The van der Waals surface area contributed by atoms with Crippen LogP contribution in [0.4, 0.5) is 0 Å². The molecular formula is C16H24N2OS2. The Labute approximate surface area is 135 Å². The third-order valence-electron chi connectivity index (χ3n) is 4.97. The van der Waals surface area contributed by atoms with Crippen LogP contribution in [0.5, 0.6) is 0 Å². The van der Waals surface area contributed by atoms with Crippen molar-refractivity contribution >= 4 is 29.0 Å². The highest BCUT2D eigenvalue weighted by molar-refractivity contribution is 8.00. The lowest BCUT2D eigenvalue weighted by Crippen LogP contribution is -2.38. The number of hydrogen-bond acceptors (Lipinski definition) is 4. The van der Waals surface area contributed by atoms with Crippen molar-refractivity contribution in [3.05, 3.63) is 22.4 Å². The topological polar surface area (TPSA) is 32.3 Å². The zero-order valence-electron chi connectivity index (χ0n) is 13.0. The molecule has 2 aliphatic rings. The summed E-state index contributed by atoms with van der Waals surface area (Å²) in [4.78, 5) is 15.0. The Morgan fingerprint density at radius 2 is 2.33 bits per heavy atom. The average Bonchev–Trinajstić information content (AvgIpc) is 2.92. The molecule has 116 valence electrons. The standard InChI is InChI=1S/C16H24N2OS2/c1-4-11(2)13-15(19)18(10-16(20-3)6-7-16)14(17-13)12-5-8-21-9-12/h5,8-9,11,13-14,17H,4,6-7,10H2,1-3H3. The van der Waals surface area contributed by atoms with Crippen LogP contribution in [0.25, 0.3) is 0 Å². The minimum absolute atomic E-state index is 0.0300. The summed E-state index contributed by atoms with van der Waals surface area (Å²) < 4.78 is 0.315. The van der Waals surface area contributed by atoms with Gasteiger partial charge in [-0.3, -0.25) is 10.1 Å². The van der Waals surface area contributed by atoms with Crippen LogP contribution < -0.4 is 5.32 Å². The fourth-order valence-corrected chi connectivity index (χ4v) is 4.49. The van der Waals surface area contributed by atoms with E-state index < -0.39 is 0 Å². The van der Waals surface area contributed by atoms with Crippen LogP contribution in [0.15, 0.2) is 16.8 Å². The zero-order chi connectivity index (χ0) is 15.0. The van der Waals surface area contributed by atoms with Crippen LogP contribution in [0.1, 0.15) is 44.8 Å². The maximum Gasteiger partial charge on any atom is 0.241 e. The quantitative estimate of drug-likeness (QED) is 0.869. The van der Waals surface area contributed by atoms with Crippen molar-refractivity contribution in [2.45, 2.75) is 50.1 Å². The lowest BCUT2D eigenvalue weighted by Gasteiger charge is -2.27. The molecule has 5 heteroatoms. The van der Waals surface area contributed by atoms with Crippen molar-refractivity contribution in [3.8, 4) is 0 Å². The Morgan fingerprint density at radius 1 is 1.57 bits per heavy atom. The third kappa shape index (κ3) is 2.88. The normalized spacial score (nSPS) is 28.9. The lowest BCUT2D eigenvalue weighted by molar-refractivity contribution is -0.131. The minimum Gasteiger partial charge on any atom is -0.320 e. The van der Waals surface area contributed by atoms with E-state index in [0.29, 0.717) is 16.6 Å². The number of hydrogen-bond donors (Lipinski definition) is 1. The highest BCUT2D eigenvalue weighted by Gasteiger charge is 2.49. The van der Waals surface area contributed by atoms with Gasteiger partial charge in [0, 0.05) is 11.3 Å². The fraction of sp³-hybridized carbons (Fsp3) is 0.688. The molecule has 1 N–H and O–H groups in total. The number of nitrogens with zero attached hydrogens (tertiary/aromatic N) is 1. The first-order valence-corrected chi connectivity index (χ1v) is 9.91. The number of nitrogens with one attached hydrogen (secondary N) is 1. The molecule has 1 aliphatic carbocycles. The van der Waals surface area contributed by atoms with Crippen molar-refractivity contribution in [3.63, 3.8) is 0 Å². The van der Waals surface area contributed by atoms with E-state index in [2.05, 4.69) is 47.1 Å². The second kappa shape index (κ2) is 5.94. The molecule has 3 unspecified atom stereocenters. The molecule has 3 rings (SSSR count). The molecule has 2 fully saturated rings. The van der Waals surface area contributed by atoms with Gasteiger partial charge in [0.05, 0.1) is 6.04 Å². The molecule has 1 saturated carbocycles. The molecule has 0 spiro atoms. The molecule has 0 aromatic carbocycles. The largest absolute Gasteiger partial charge is 0.320 e. The smallest absolute Gasteiger partial charge is 0.241 e. The Morgan fingerprint density at radius 3 is 2.86 bits per heavy atom. The Hall–Kier alpha value is -0.520. The van der Waals surface area contributed by atoms with Crippen LogP contribution >= 0.6 is 23.1 Å². The van der Waals surface area contributed by atoms with Gasteiger partial charge in [-0.1, -0.05) is 20.3 Å². The Balaban J connectivity index is 1.83. The number of amides is 1. The lowest BCUT2D eigenvalue weighted by atomic mass is 9.99. The van der Waals surface area contributed by atoms with Crippen molar-refractivity contribution < 1.29 is 4.79 Å². The van der Waals surface area contributed by atoms with Crippen LogP contribution in [-0.2, 0) is 4.79 Å². The summed E-state index contributed by atoms with van der Waals surface area (Å²) in [6, 6.07) is 2.11. The second-order valence-corrected chi connectivity index (χ2v) is 8.40. The summed E-state index contributed by atoms with van der Waals surface area (Å²) in [5.41, 5.74) is 1.23. The summed E-state index contributed by atoms with van der Waals surface area (Å²) in [7, 11) is 0. The first-order valence-electron chi connectivity index (χ1n) is 7.74. The molecule has 1 aliphatic heterocycles. The van der Waals surface area contributed by atoms with E-state index in [-0.39, 0.29) is 12.2 Å². The van der Waals surface area contributed by atoms with Gasteiger partial charge in [-0.25, -0.2) is 0 Å². The number of thiophene rings is 1. The van der Waals surface area contributed by atoms with E-state index in [0.717, 1.165) is 13.0 Å². The molecule has 1 amide bonds. The summed E-state index contributed by atoms with van der Waals surface area (Å²) in [5, 5.41) is 7.85. The first kappa shape index (κ1) is 15.4. The monoisotopic (exact) mass is 324 g/mol. The van der Waals surface area contributed by atoms with Crippen LogP contribution in [-0.4, -0.2) is 34.4 Å². The molecule has 0 bridgehead atoms. The van der Waals surface area contributed by atoms with Gasteiger partial charge in [0.1, 0.15) is 6.17 Å². The molecule has 1 saturated heterocycles. The maximum absolute atomic E-state index is 12.9. The van der Waals surface area contributed by atoms with Crippen molar-refractivity contribution in [1.29, 1.82) is 0 Å². The summed E-state index contributed by atoms with van der Waals surface area (Å²) >= 11 is 3.62. The van der Waals surface area contributed by atoms with Crippen molar-refractivity contribution in [2.75, 3.05) is 12.8 Å². The maximum atomic E-state index is 12.9. The molecule has 0 radical (unpaired) electrons. The van der Waals surface area contributed by atoms with E-state index in [9.17, 15) is 4.79 Å². The van der Waals surface area contributed by atoms with Crippen molar-refractivity contribution in [2.24, 2.45) is 5.92 Å². The molecule has 2 heterocycles. The van der Waals surface area contributed by atoms with Gasteiger partial charge in [-0.2, -0.15) is 23.1 Å². The highest BCUT2D eigenvalue weighted by atomic mass is 32.2. The molecule has 1 aromatic heterocycles. The van der Waals surface area contributed by atoms with Gasteiger partial charge in [0.2, 0.25) is 5.91 Å². The van der Waals surface area contributed by atoms with Gasteiger partial charge >= 0.3 is 0 Å². The predicted octanol–water partition coefficient (Wildman–Crippen LogP) is 3.49. The van der Waals surface area contributed by atoms with Crippen LogP contribution in [0.2, 0.25) is 0 Å². The van der Waals surface area contributed by atoms with Gasteiger partial charge in [0.25, 0.3) is 0 Å². The number of carbonyl (C=O) groups excluding carboxylic acids is 1. The van der Waals surface area contributed by atoms with Gasteiger partial charge in [-0.05, 0) is 47.4 Å². The van der Waals surface area contributed by atoms with E-state index >= 15 is 0 Å². The van der Waals surface area contributed by atoms with Crippen LogP contribution in [0.3, 0.4) is 0 Å². The summed E-state index contributed by atoms with van der Waals surface area (Å²) in [6.07, 6.45) is 5.74. The first-order chi connectivity index (χ1) is 10.1. The minimum atomic E-state index is -0.0300. The molecule has 21 heavy (non-hydrogen) atoms. The summed E-state index contributed by atoms with van der Waals surface area (Å²) in [6.45, 7) is 5.21. The third-order valence-corrected chi connectivity index (χ3v) is 7.07. The highest BCUT2D eigenvalue weighted by Crippen LogP contribution is 2.49. The zero-order valence-corrected chi connectivity index (χ0v) is 14.6. The van der Waals surface area contributed by atoms with Gasteiger partial charge < -0.3 is 4.90 Å². The Bertz CT molecular complexity index is 498.